The van der Waals surface area contributed by atoms with Crippen molar-refractivity contribution in [1.29, 1.82) is 0 Å². The summed E-state index contributed by atoms with van der Waals surface area (Å²) in [5.41, 5.74) is 3.61. The molecule has 2 heterocycles. The van der Waals surface area contributed by atoms with Gasteiger partial charge in [0.05, 0.1) is 0 Å². The topological polar surface area (TPSA) is 41.1 Å². The molecule has 0 amide bonds. The Kier molecular flexibility index (Phi) is 6.16. The lowest BCUT2D eigenvalue weighted by Crippen LogP contribution is -2.24. The van der Waals surface area contributed by atoms with Crippen molar-refractivity contribution in [3.05, 3.63) is 54.1 Å². The fourth-order valence-corrected chi connectivity index (χ4v) is 2.28. The Morgan fingerprint density at radius 2 is 2.10 bits per heavy atom. The molecule has 0 aliphatic heterocycles. The van der Waals surface area contributed by atoms with Crippen LogP contribution in [0.25, 0.3) is 0 Å². The van der Waals surface area contributed by atoms with Crippen molar-refractivity contribution in [3.63, 3.8) is 0 Å². The third-order valence-corrected chi connectivity index (χ3v) is 3.46. The van der Waals surface area contributed by atoms with Gasteiger partial charge in [-0.2, -0.15) is 0 Å². The summed E-state index contributed by atoms with van der Waals surface area (Å²) in [7, 11) is 2.13. The highest BCUT2D eigenvalue weighted by Crippen LogP contribution is 2.18. The van der Waals surface area contributed by atoms with Crippen molar-refractivity contribution in [2.24, 2.45) is 0 Å². The van der Waals surface area contributed by atoms with Crippen molar-refractivity contribution in [2.75, 3.05) is 25.0 Å². The van der Waals surface area contributed by atoms with E-state index in [1.807, 2.05) is 30.7 Å². The molecule has 2 rings (SSSR count). The zero-order valence-electron chi connectivity index (χ0n) is 12.9. The van der Waals surface area contributed by atoms with Crippen LogP contribution in [-0.2, 0) is 13.0 Å². The number of nitrogens with one attached hydrogen (secondary N) is 1. The standard InChI is InChI=1S/C17H24N4/c1-3-9-18-13-15-14-19-11-7-17(15)21(2)12-8-16-6-4-5-10-20-16/h4-7,10-11,14,18H,3,8-9,12-13H2,1-2H3. The molecule has 0 saturated heterocycles. The lowest BCUT2D eigenvalue weighted by Gasteiger charge is -2.22. The van der Waals surface area contributed by atoms with Gasteiger partial charge >= 0.3 is 0 Å². The van der Waals surface area contributed by atoms with Crippen LogP contribution in [0.3, 0.4) is 0 Å². The number of nitrogens with zero attached hydrogens (tertiary/aromatic N) is 3. The fraction of sp³-hybridized carbons (Fsp3) is 0.412. The molecule has 4 nitrogen and oxygen atoms in total. The molecule has 0 aliphatic carbocycles. The van der Waals surface area contributed by atoms with Crippen LogP contribution in [0.2, 0.25) is 0 Å². The van der Waals surface area contributed by atoms with Gasteiger partial charge in [0.15, 0.2) is 0 Å². The lowest BCUT2D eigenvalue weighted by atomic mass is 10.2. The van der Waals surface area contributed by atoms with Gasteiger partial charge in [0.2, 0.25) is 0 Å². The van der Waals surface area contributed by atoms with Crippen molar-refractivity contribution < 1.29 is 0 Å². The number of likely N-dealkylation sites (N-methyl/N-ethyl adjacent to an activating group) is 1. The fourth-order valence-electron chi connectivity index (χ4n) is 2.28. The maximum atomic E-state index is 4.38. The number of rotatable bonds is 8. The van der Waals surface area contributed by atoms with Crippen molar-refractivity contribution in [1.82, 2.24) is 15.3 Å². The van der Waals surface area contributed by atoms with Crippen LogP contribution in [0.15, 0.2) is 42.9 Å². The SMILES string of the molecule is CCCNCc1cnccc1N(C)CCc1ccccn1. The minimum atomic E-state index is 0.866. The predicted molar refractivity (Wildman–Crippen MR) is 87.4 cm³/mol. The first-order valence-electron chi connectivity index (χ1n) is 7.56. The number of anilines is 1. The van der Waals surface area contributed by atoms with Gasteiger partial charge in [-0.25, -0.2) is 0 Å². The van der Waals surface area contributed by atoms with E-state index in [2.05, 4.69) is 46.3 Å². The first-order valence-corrected chi connectivity index (χ1v) is 7.56. The molecule has 0 radical (unpaired) electrons. The molecular formula is C17H24N4. The summed E-state index contributed by atoms with van der Waals surface area (Å²) in [6.45, 7) is 5.02. The van der Waals surface area contributed by atoms with Crippen molar-refractivity contribution >= 4 is 5.69 Å². The summed E-state index contributed by atoms with van der Waals surface area (Å²) in [5, 5.41) is 3.44. The average molecular weight is 284 g/mol. The molecule has 0 aromatic carbocycles. The summed E-state index contributed by atoms with van der Waals surface area (Å²) in [4.78, 5) is 10.9. The summed E-state index contributed by atoms with van der Waals surface area (Å²) in [5.74, 6) is 0. The van der Waals surface area contributed by atoms with Gasteiger partial charge in [0, 0.05) is 62.1 Å². The molecular weight excluding hydrogens is 260 g/mol. The highest BCUT2D eigenvalue weighted by Gasteiger charge is 2.07. The first kappa shape index (κ1) is 15.4. The molecule has 1 N–H and O–H groups in total. The van der Waals surface area contributed by atoms with Crippen LogP contribution in [0.5, 0.6) is 0 Å². The Balaban J connectivity index is 1.96. The van der Waals surface area contributed by atoms with Gasteiger partial charge in [-0.05, 0) is 31.2 Å². The molecule has 2 aromatic heterocycles. The molecule has 0 spiro atoms. The Bertz CT molecular complexity index is 527. The van der Waals surface area contributed by atoms with Gasteiger partial charge in [-0.15, -0.1) is 0 Å². The van der Waals surface area contributed by atoms with E-state index < -0.39 is 0 Å². The van der Waals surface area contributed by atoms with Crippen LogP contribution < -0.4 is 10.2 Å². The van der Waals surface area contributed by atoms with Gasteiger partial charge in [0.25, 0.3) is 0 Å². The highest BCUT2D eigenvalue weighted by molar-refractivity contribution is 5.51. The van der Waals surface area contributed by atoms with E-state index >= 15 is 0 Å². The molecule has 0 aliphatic rings. The van der Waals surface area contributed by atoms with Gasteiger partial charge in [-0.1, -0.05) is 13.0 Å². The van der Waals surface area contributed by atoms with Crippen LogP contribution in [0, 0.1) is 0 Å². The zero-order chi connectivity index (χ0) is 14.9. The minimum Gasteiger partial charge on any atom is -0.374 e. The normalized spacial score (nSPS) is 10.6. The van der Waals surface area contributed by atoms with Gasteiger partial charge in [-0.3, -0.25) is 9.97 Å². The molecule has 0 unspecified atom stereocenters. The van der Waals surface area contributed by atoms with E-state index in [4.69, 9.17) is 0 Å². The van der Waals surface area contributed by atoms with E-state index in [-0.39, 0.29) is 0 Å². The second-order valence-electron chi connectivity index (χ2n) is 5.17. The second kappa shape index (κ2) is 8.37. The molecule has 0 saturated carbocycles. The molecule has 0 atom stereocenters. The van der Waals surface area contributed by atoms with E-state index in [1.54, 1.807) is 0 Å². The molecule has 2 aromatic rings. The Labute approximate surface area is 127 Å². The number of pyridine rings is 2. The molecule has 112 valence electrons. The maximum Gasteiger partial charge on any atom is 0.0440 e. The highest BCUT2D eigenvalue weighted by atomic mass is 15.1. The predicted octanol–water partition coefficient (Wildman–Crippen LogP) is 2.66. The Morgan fingerprint density at radius 1 is 1.19 bits per heavy atom. The van der Waals surface area contributed by atoms with Crippen LogP contribution in [-0.4, -0.2) is 30.1 Å². The molecule has 21 heavy (non-hydrogen) atoms. The lowest BCUT2D eigenvalue weighted by molar-refractivity contribution is 0.672. The van der Waals surface area contributed by atoms with Crippen molar-refractivity contribution in [2.45, 2.75) is 26.3 Å². The smallest absolute Gasteiger partial charge is 0.0440 e. The van der Waals surface area contributed by atoms with E-state index in [9.17, 15) is 0 Å². The minimum absolute atomic E-state index is 0.866. The first-order chi connectivity index (χ1) is 10.3. The summed E-state index contributed by atoms with van der Waals surface area (Å²) in [6.07, 6.45) is 7.75. The number of hydrogen-bond donors (Lipinski definition) is 1. The van der Waals surface area contributed by atoms with Gasteiger partial charge < -0.3 is 10.2 Å². The monoisotopic (exact) mass is 284 g/mol. The van der Waals surface area contributed by atoms with E-state index in [0.29, 0.717) is 0 Å². The molecule has 4 heteroatoms. The summed E-state index contributed by atoms with van der Waals surface area (Å²) in [6, 6.07) is 8.15. The van der Waals surface area contributed by atoms with E-state index in [0.717, 1.165) is 38.2 Å². The average Bonchev–Trinajstić information content (AvgIpc) is 2.54. The molecule has 0 fully saturated rings. The van der Waals surface area contributed by atoms with E-state index in [1.165, 1.54) is 11.3 Å². The largest absolute Gasteiger partial charge is 0.374 e. The third-order valence-electron chi connectivity index (χ3n) is 3.46. The van der Waals surface area contributed by atoms with Crippen LogP contribution in [0.1, 0.15) is 24.6 Å². The second-order valence-corrected chi connectivity index (χ2v) is 5.17. The number of hydrogen-bond acceptors (Lipinski definition) is 4. The maximum absolute atomic E-state index is 4.38. The summed E-state index contributed by atoms with van der Waals surface area (Å²) >= 11 is 0. The number of aromatic nitrogens is 2. The van der Waals surface area contributed by atoms with Gasteiger partial charge in [0.1, 0.15) is 0 Å². The molecule has 0 bridgehead atoms. The quantitative estimate of drug-likeness (QED) is 0.757. The Hall–Kier alpha value is -1.94. The van der Waals surface area contributed by atoms with Crippen LogP contribution >= 0.6 is 0 Å². The van der Waals surface area contributed by atoms with Crippen molar-refractivity contribution in [3.8, 4) is 0 Å². The summed E-state index contributed by atoms with van der Waals surface area (Å²) < 4.78 is 0. The Morgan fingerprint density at radius 3 is 2.86 bits per heavy atom. The van der Waals surface area contributed by atoms with Crippen LogP contribution in [0.4, 0.5) is 5.69 Å². The third kappa shape index (κ3) is 4.83. The zero-order valence-corrected chi connectivity index (χ0v) is 12.9.